The maximum absolute atomic E-state index is 5.73. The van der Waals surface area contributed by atoms with E-state index in [0.29, 0.717) is 5.92 Å². The lowest BCUT2D eigenvalue weighted by Crippen LogP contribution is -2.22. The zero-order chi connectivity index (χ0) is 13.2. The minimum absolute atomic E-state index is 0.247. The number of nitrogens with two attached hydrogens (primary N) is 1. The lowest BCUT2D eigenvalue weighted by atomic mass is 9.87. The summed E-state index contributed by atoms with van der Waals surface area (Å²) in [6.45, 7) is 11.0. The summed E-state index contributed by atoms with van der Waals surface area (Å²) in [5.41, 5.74) is 8.80. The molecule has 0 aromatic heterocycles. The number of hydrogen-bond donors (Lipinski definition) is 1. The molecule has 18 heavy (non-hydrogen) atoms. The first-order valence-corrected chi connectivity index (χ1v) is 7.01. The highest BCUT2D eigenvalue weighted by molar-refractivity contribution is 5.27. The molecule has 0 saturated carbocycles. The predicted molar refractivity (Wildman–Crippen MR) is 77.6 cm³/mol. The maximum Gasteiger partial charge on any atom is 0.0233 e. The Morgan fingerprint density at radius 2 is 1.89 bits per heavy atom. The molecule has 1 atom stereocenters. The highest BCUT2D eigenvalue weighted by Crippen LogP contribution is 2.23. The average Bonchev–Trinajstić information content (AvgIpc) is 2.76. The van der Waals surface area contributed by atoms with Crippen molar-refractivity contribution in [3.63, 3.8) is 0 Å². The van der Waals surface area contributed by atoms with Crippen molar-refractivity contribution in [3.05, 3.63) is 35.4 Å². The molecule has 1 aliphatic heterocycles. The molecule has 0 bridgehead atoms. The molecule has 1 aliphatic rings. The SMILES string of the molecule is CC(C)(C)c1ccc(CN2CCC(CN)C2)cc1. The van der Waals surface area contributed by atoms with Crippen molar-refractivity contribution in [2.24, 2.45) is 11.7 Å². The van der Waals surface area contributed by atoms with Gasteiger partial charge in [0.1, 0.15) is 0 Å². The quantitative estimate of drug-likeness (QED) is 0.888. The van der Waals surface area contributed by atoms with Gasteiger partial charge in [-0.05, 0) is 42.0 Å². The first kappa shape index (κ1) is 13.6. The monoisotopic (exact) mass is 246 g/mol. The van der Waals surface area contributed by atoms with Crippen LogP contribution in [-0.4, -0.2) is 24.5 Å². The Labute approximate surface area is 111 Å². The second-order valence-corrected chi connectivity index (χ2v) is 6.57. The summed E-state index contributed by atoms with van der Waals surface area (Å²) in [6, 6.07) is 9.09. The van der Waals surface area contributed by atoms with Gasteiger partial charge in [-0.25, -0.2) is 0 Å². The molecule has 1 fully saturated rings. The molecule has 1 heterocycles. The second kappa shape index (κ2) is 5.41. The molecule has 1 aromatic carbocycles. The Kier molecular flexibility index (Phi) is 4.08. The number of benzene rings is 1. The van der Waals surface area contributed by atoms with Gasteiger partial charge in [-0.1, -0.05) is 45.0 Å². The van der Waals surface area contributed by atoms with Crippen LogP contribution in [0.4, 0.5) is 0 Å². The molecule has 100 valence electrons. The molecule has 1 aromatic rings. The predicted octanol–water partition coefficient (Wildman–Crippen LogP) is 2.76. The van der Waals surface area contributed by atoms with Crippen LogP contribution in [0.25, 0.3) is 0 Å². The number of likely N-dealkylation sites (tertiary alicyclic amines) is 1. The van der Waals surface area contributed by atoms with Crippen LogP contribution in [0.15, 0.2) is 24.3 Å². The van der Waals surface area contributed by atoms with Gasteiger partial charge in [0, 0.05) is 13.1 Å². The summed E-state index contributed by atoms with van der Waals surface area (Å²) in [5, 5.41) is 0. The van der Waals surface area contributed by atoms with Gasteiger partial charge in [-0.2, -0.15) is 0 Å². The molecular weight excluding hydrogens is 220 g/mol. The first-order chi connectivity index (χ1) is 8.49. The summed E-state index contributed by atoms with van der Waals surface area (Å²) in [7, 11) is 0. The van der Waals surface area contributed by atoms with E-state index in [4.69, 9.17) is 5.73 Å². The van der Waals surface area contributed by atoms with Crippen molar-refractivity contribution < 1.29 is 0 Å². The van der Waals surface area contributed by atoms with Crippen molar-refractivity contribution in [2.75, 3.05) is 19.6 Å². The van der Waals surface area contributed by atoms with Crippen LogP contribution >= 0.6 is 0 Å². The molecule has 2 N–H and O–H groups in total. The van der Waals surface area contributed by atoms with Gasteiger partial charge >= 0.3 is 0 Å². The summed E-state index contributed by atoms with van der Waals surface area (Å²) < 4.78 is 0. The van der Waals surface area contributed by atoms with E-state index in [1.54, 1.807) is 0 Å². The molecule has 2 nitrogen and oxygen atoms in total. The van der Waals surface area contributed by atoms with Crippen molar-refractivity contribution in [1.82, 2.24) is 4.90 Å². The smallest absolute Gasteiger partial charge is 0.0233 e. The average molecular weight is 246 g/mol. The van der Waals surface area contributed by atoms with Crippen LogP contribution in [0.1, 0.15) is 38.3 Å². The van der Waals surface area contributed by atoms with Crippen molar-refractivity contribution >= 4 is 0 Å². The highest BCUT2D eigenvalue weighted by atomic mass is 15.1. The third-order valence-electron chi connectivity index (χ3n) is 3.93. The Balaban J connectivity index is 1.95. The van der Waals surface area contributed by atoms with Gasteiger partial charge in [0.15, 0.2) is 0 Å². The van der Waals surface area contributed by atoms with Gasteiger partial charge in [0.2, 0.25) is 0 Å². The Morgan fingerprint density at radius 1 is 1.22 bits per heavy atom. The van der Waals surface area contributed by atoms with Crippen molar-refractivity contribution in [2.45, 2.75) is 39.2 Å². The largest absolute Gasteiger partial charge is 0.330 e. The fourth-order valence-electron chi connectivity index (χ4n) is 2.62. The van der Waals surface area contributed by atoms with E-state index in [0.717, 1.165) is 19.6 Å². The first-order valence-electron chi connectivity index (χ1n) is 7.01. The standard InChI is InChI=1S/C16H26N2/c1-16(2,3)15-6-4-13(5-7-15)11-18-9-8-14(10-17)12-18/h4-7,14H,8-12,17H2,1-3H3. The molecule has 2 rings (SSSR count). The topological polar surface area (TPSA) is 29.3 Å². The van der Waals surface area contributed by atoms with E-state index in [1.165, 1.54) is 24.1 Å². The minimum Gasteiger partial charge on any atom is -0.330 e. The van der Waals surface area contributed by atoms with E-state index in [1.807, 2.05) is 0 Å². The van der Waals surface area contributed by atoms with E-state index in [2.05, 4.69) is 49.9 Å². The molecule has 1 unspecified atom stereocenters. The van der Waals surface area contributed by atoms with Crippen LogP contribution in [0.5, 0.6) is 0 Å². The molecular formula is C16H26N2. The van der Waals surface area contributed by atoms with Crippen LogP contribution < -0.4 is 5.73 Å². The van der Waals surface area contributed by atoms with E-state index >= 15 is 0 Å². The van der Waals surface area contributed by atoms with Gasteiger partial charge in [-0.3, -0.25) is 4.90 Å². The van der Waals surface area contributed by atoms with Gasteiger partial charge in [0.05, 0.1) is 0 Å². The normalized spacial score (nSPS) is 21.4. The van der Waals surface area contributed by atoms with Gasteiger partial charge in [0.25, 0.3) is 0 Å². The lowest BCUT2D eigenvalue weighted by molar-refractivity contribution is 0.318. The highest BCUT2D eigenvalue weighted by Gasteiger charge is 2.21. The molecule has 0 radical (unpaired) electrons. The number of nitrogens with zero attached hydrogens (tertiary/aromatic N) is 1. The third-order valence-corrected chi connectivity index (χ3v) is 3.93. The maximum atomic E-state index is 5.73. The summed E-state index contributed by atoms with van der Waals surface area (Å²) in [4.78, 5) is 2.52. The van der Waals surface area contributed by atoms with Crippen molar-refractivity contribution in [3.8, 4) is 0 Å². The van der Waals surface area contributed by atoms with Crippen LogP contribution in [-0.2, 0) is 12.0 Å². The Bertz CT molecular complexity index is 375. The van der Waals surface area contributed by atoms with Crippen LogP contribution in [0.3, 0.4) is 0 Å². The minimum atomic E-state index is 0.247. The number of hydrogen-bond acceptors (Lipinski definition) is 2. The fourth-order valence-corrected chi connectivity index (χ4v) is 2.62. The fraction of sp³-hybridized carbons (Fsp3) is 0.625. The molecule has 1 saturated heterocycles. The Morgan fingerprint density at radius 3 is 2.39 bits per heavy atom. The van der Waals surface area contributed by atoms with E-state index < -0.39 is 0 Å². The Hall–Kier alpha value is -0.860. The third kappa shape index (κ3) is 3.33. The molecule has 0 spiro atoms. The summed E-state index contributed by atoms with van der Waals surface area (Å²) in [6.07, 6.45) is 1.26. The second-order valence-electron chi connectivity index (χ2n) is 6.57. The van der Waals surface area contributed by atoms with Crippen LogP contribution in [0, 0.1) is 5.92 Å². The van der Waals surface area contributed by atoms with E-state index in [-0.39, 0.29) is 5.41 Å². The summed E-state index contributed by atoms with van der Waals surface area (Å²) >= 11 is 0. The van der Waals surface area contributed by atoms with Crippen LogP contribution in [0.2, 0.25) is 0 Å². The summed E-state index contributed by atoms with van der Waals surface area (Å²) in [5.74, 6) is 0.707. The lowest BCUT2D eigenvalue weighted by Gasteiger charge is -2.20. The van der Waals surface area contributed by atoms with Crippen molar-refractivity contribution in [1.29, 1.82) is 0 Å². The zero-order valence-corrected chi connectivity index (χ0v) is 11.9. The zero-order valence-electron chi connectivity index (χ0n) is 11.9. The van der Waals surface area contributed by atoms with Gasteiger partial charge in [-0.15, -0.1) is 0 Å². The molecule has 0 aliphatic carbocycles. The number of rotatable bonds is 3. The van der Waals surface area contributed by atoms with Gasteiger partial charge < -0.3 is 5.73 Å². The molecule has 0 amide bonds. The molecule has 2 heteroatoms. The van der Waals surface area contributed by atoms with E-state index in [9.17, 15) is 0 Å².